The van der Waals surface area contributed by atoms with Crippen molar-refractivity contribution in [3.63, 3.8) is 0 Å². The molecule has 0 bridgehead atoms. The summed E-state index contributed by atoms with van der Waals surface area (Å²) in [6.07, 6.45) is 4.09. The number of halogens is 1. The minimum Gasteiger partial charge on any atom is -0.273 e. The summed E-state index contributed by atoms with van der Waals surface area (Å²) in [6, 6.07) is 7.72. The van der Waals surface area contributed by atoms with Crippen molar-refractivity contribution in [1.29, 1.82) is 0 Å². The molecule has 86 valence electrons. The number of carbonyl (C=O) groups excluding carboxylic acids is 1. The van der Waals surface area contributed by atoms with Gasteiger partial charge in [0.05, 0.1) is 6.21 Å². The Hall–Kier alpha value is -1.16. The van der Waals surface area contributed by atoms with E-state index in [2.05, 4.69) is 33.4 Å². The summed E-state index contributed by atoms with van der Waals surface area (Å²) in [5.41, 5.74) is 3.45. The lowest BCUT2D eigenvalue weighted by Gasteiger charge is -1.98. The second-order valence-corrected chi connectivity index (χ2v) is 4.37. The van der Waals surface area contributed by atoms with Crippen molar-refractivity contribution in [3.05, 3.63) is 34.3 Å². The Kier molecular flexibility index (Phi) is 5.78. The zero-order valence-corrected chi connectivity index (χ0v) is 10.8. The van der Waals surface area contributed by atoms with E-state index in [0.717, 1.165) is 22.9 Å². The Morgan fingerprint density at radius 1 is 1.56 bits per heavy atom. The predicted octanol–water partition coefficient (Wildman–Crippen LogP) is 3.09. The molecule has 0 aliphatic heterocycles. The third kappa shape index (κ3) is 5.07. The second kappa shape index (κ2) is 7.17. The van der Waals surface area contributed by atoms with Gasteiger partial charge in [0, 0.05) is 10.9 Å². The van der Waals surface area contributed by atoms with E-state index in [1.165, 1.54) is 0 Å². The van der Waals surface area contributed by atoms with Gasteiger partial charge in [-0.05, 0) is 24.1 Å². The van der Waals surface area contributed by atoms with Gasteiger partial charge >= 0.3 is 0 Å². The van der Waals surface area contributed by atoms with E-state index in [0.29, 0.717) is 6.42 Å². The Morgan fingerprint density at radius 2 is 2.38 bits per heavy atom. The molecule has 0 aliphatic rings. The molecular weight excluding hydrogens is 268 g/mol. The quantitative estimate of drug-likeness (QED) is 0.654. The molecule has 0 spiro atoms. The Balaban J connectivity index is 2.40. The molecule has 1 N–H and O–H groups in total. The molecule has 0 aliphatic carbocycles. The molecule has 0 saturated heterocycles. The van der Waals surface area contributed by atoms with Crippen LogP contribution in [0.5, 0.6) is 0 Å². The van der Waals surface area contributed by atoms with Gasteiger partial charge in [-0.2, -0.15) is 5.10 Å². The number of hydrogen-bond donors (Lipinski definition) is 1. The number of rotatable bonds is 5. The molecule has 0 aromatic heterocycles. The fraction of sp³-hybridized carbons (Fsp3) is 0.333. The van der Waals surface area contributed by atoms with Crippen LogP contribution in [0, 0.1) is 0 Å². The fourth-order valence-corrected chi connectivity index (χ4v) is 1.58. The molecule has 1 rings (SSSR count). The number of nitrogens with zero attached hydrogens (tertiary/aromatic N) is 1. The van der Waals surface area contributed by atoms with Gasteiger partial charge in [0.25, 0.3) is 0 Å². The second-order valence-electron chi connectivity index (χ2n) is 3.45. The van der Waals surface area contributed by atoms with Crippen molar-refractivity contribution in [3.8, 4) is 0 Å². The zero-order valence-electron chi connectivity index (χ0n) is 9.24. The lowest BCUT2D eigenvalue weighted by molar-refractivity contribution is -0.121. The van der Waals surface area contributed by atoms with Gasteiger partial charge in [0.2, 0.25) is 5.91 Å². The standard InChI is InChI=1S/C12H15BrN2O/c1-2-3-7-12(16)15-14-9-10-5-4-6-11(13)8-10/h4-6,8-9H,2-3,7H2,1H3,(H,15,16)/b14-9-. The molecule has 16 heavy (non-hydrogen) atoms. The lowest BCUT2D eigenvalue weighted by atomic mass is 10.2. The van der Waals surface area contributed by atoms with Crippen molar-refractivity contribution >= 4 is 28.1 Å². The molecule has 0 unspecified atom stereocenters. The SMILES string of the molecule is CCCCC(=O)N/N=C\c1cccc(Br)c1. The van der Waals surface area contributed by atoms with Gasteiger partial charge in [0.1, 0.15) is 0 Å². The summed E-state index contributed by atoms with van der Waals surface area (Å²) < 4.78 is 0.994. The maximum absolute atomic E-state index is 11.2. The maximum Gasteiger partial charge on any atom is 0.240 e. The van der Waals surface area contributed by atoms with Crippen LogP contribution in [0.25, 0.3) is 0 Å². The number of unbranched alkanes of at least 4 members (excludes halogenated alkanes) is 1. The van der Waals surface area contributed by atoms with Gasteiger partial charge in [0.15, 0.2) is 0 Å². The van der Waals surface area contributed by atoms with E-state index in [4.69, 9.17) is 0 Å². The largest absolute Gasteiger partial charge is 0.273 e. The molecule has 1 aromatic carbocycles. The summed E-state index contributed by atoms with van der Waals surface area (Å²) in [6.45, 7) is 2.05. The highest BCUT2D eigenvalue weighted by Gasteiger charge is 1.96. The van der Waals surface area contributed by atoms with E-state index in [-0.39, 0.29) is 5.91 Å². The molecule has 1 aromatic rings. The molecule has 0 fully saturated rings. The first-order valence-corrected chi connectivity index (χ1v) is 6.09. The van der Waals surface area contributed by atoms with Crippen LogP contribution < -0.4 is 5.43 Å². The van der Waals surface area contributed by atoms with Crippen LogP contribution >= 0.6 is 15.9 Å². The van der Waals surface area contributed by atoms with Crippen LogP contribution in [0.4, 0.5) is 0 Å². The zero-order chi connectivity index (χ0) is 11.8. The number of carbonyl (C=O) groups is 1. The average Bonchev–Trinajstić information content (AvgIpc) is 2.26. The van der Waals surface area contributed by atoms with Gasteiger partial charge in [-0.3, -0.25) is 4.79 Å². The summed E-state index contributed by atoms with van der Waals surface area (Å²) in [5.74, 6) is -0.0342. The van der Waals surface area contributed by atoms with Crippen LogP contribution in [0.1, 0.15) is 31.7 Å². The molecular formula is C12H15BrN2O. The molecule has 0 saturated carbocycles. The van der Waals surface area contributed by atoms with Crippen molar-refractivity contribution in [1.82, 2.24) is 5.43 Å². The van der Waals surface area contributed by atoms with Crippen LogP contribution in [-0.2, 0) is 4.79 Å². The number of hydrogen-bond acceptors (Lipinski definition) is 2. The normalized spacial score (nSPS) is 10.6. The molecule has 0 heterocycles. The van der Waals surface area contributed by atoms with Crippen molar-refractivity contribution in [2.45, 2.75) is 26.2 Å². The van der Waals surface area contributed by atoms with Crippen LogP contribution in [0.2, 0.25) is 0 Å². The average molecular weight is 283 g/mol. The lowest BCUT2D eigenvalue weighted by Crippen LogP contribution is -2.16. The van der Waals surface area contributed by atoms with E-state index in [1.807, 2.05) is 24.3 Å². The van der Waals surface area contributed by atoms with Gasteiger partial charge < -0.3 is 0 Å². The number of amides is 1. The van der Waals surface area contributed by atoms with Crippen molar-refractivity contribution in [2.75, 3.05) is 0 Å². The van der Waals surface area contributed by atoms with Gasteiger partial charge in [-0.1, -0.05) is 41.4 Å². The third-order valence-corrected chi connectivity index (χ3v) is 2.50. The number of hydrazone groups is 1. The molecule has 0 atom stereocenters. The summed E-state index contributed by atoms with van der Waals surface area (Å²) in [7, 11) is 0. The molecule has 0 radical (unpaired) electrons. The Morgan fingerprint density at radius 3 is 3.06 bits per heavy atom. The Labute approximate surface area is 104 Å². The minimum absolute atomic E-state index is 0.0342. The topological polar surface area (TPSA) is 41.5 Å². The smallest absolute Gasteiger partial charge is 0.240 e. The summed E-state index contributed by atoms with van der Waals surface area (Å²) in [4.78, 5) is 11.2. The molecule has 3 nitrogen and oxygen atoms in total. The highest BCUT2D eigenvalue weighted by molar-refractivity contribution is 9.10. The van der Waals surface area contributed by atoms with Crippen LogP contribution in [0.3, 0.4) is 0 Å². The first-order chi connectivity index (χ1) is 7.72. The Bertz CT molecular complexity index is 377. The van der Waals surface area contributed by atoms with Crippen molar-refractivity contribution < 1.29 is 4.79 Å². The highest BCUT2D eigenvalue weighted by Crippen LogP contribution is 2.09. The van der Waals surface area contributed by atoms with E-state index in [9.17, 15) is 4.79 Å². The number of benzene rings is 1. The highest BCUT2D eigenvalue weighted by atomic mass is 79.9. The monoisotopic (exact) mass is 282 g/mol. The molecule has 1 amide bonds. The first-order valence-electron chi connectivity index (χ1n) is 5.30. The van der Waals surface area contributed by atoms with Crippen LogP contribution in [-0.4, -0.2) is 12.1 Å². The summed E-state index contributed by atoms with van der Waals surface area (Å²) in [5, 5.41) is 3.89. The summed E-state index contributed by atoms with van der Waals surface area (Å²) >= 11 is 3.37. The minimum atomic E-state index is -0.0342. The number of nitrogens with one attached hydrogen (secondary N) is 1. The van der Waals surface area contributed by atoms with Crippen molar-refractivity contribution in [2.24, 2.45) is 5.10 Å². The van der Waals surface area contributed by atoms with E-state index >= 15 is 0 Å². The maximum atomic E-state index is 11.2. The fourth-order valence-electron chi connectivity index (χ4n) is 1.16. The van der Waals surface area contributed by atoms with E-state index in [1.54, 1.807) is 6.21 Å². The third-order valence-electron chi connectivity index (χ3n) is 2.01. The van der Waals surface area contributed by atoms with E-state index < -0.39 is 0 Å². The van der Waals surface area contributed by atoms with Gasteiger partial charge in [-0.25, -0.2) is 5.43 Å². The van der Waals surface area contributed by atoms with Crippen LogP contribution in [0.15, 0.2) is 33.8 Å². The molecule has 4 heteroatoms. The van der Waals surface area contributed by atoms with Gasteiger partial charge in [-0.15, -0.1) is 0 Å². The first kappa shape index (κ1) is 12.9. The predicted molar refractivity (Wildman–Crippen MR) is 69.4 cm³/mol.